The lowest BCUT2D eigenvalue weighted by molar-refractivity contribution is -0.0435. The van der Waals surface area contributed by atoms with E-state index in [1.54, 1.807) is 0 Å². The van der Waals surface area contributed by atoms with Crippen LogP contribution in [0.4, 0.5) is 13.2 Å². The Kier molecular flexibility index (Phi) is 4.23. The van der Waals surface area contributed by atoms with Crippen LogP contribution in [0.2, 0.25) is 0 Å². The third-order valence-corrected chi connectivity index (χ3v) is 3.23. The molecule has 0 saturated heterocycles. The second-order valence-corrected chi connectivity index (χ2v) is 4.99. The van der Waals surface area contributed by atoms with E-state index in [1.165, 1.54) is 31.4 Å². The Labute approximate surface area is 106 Å². The van der Waals surface area contributed by atoms with Crippen LogP contribution in [0.3, 0.4) is 0 Å². The summed E-state index contributed by atoms with van der Waals surface area (Å²) in [7, 11) is -4.23. The van der Waals surface area contributed by atoms with E-state index in [2.05, 4.69) is 4.40 Å². The molecule has 0 N–H and O–H groups in total. The molecule has 4 nitrogen and oxygen atoms in total. The zero-order valence-electron chi connectivity index (χ0n) is 8.90. The molecule has 0 bridgehead atoms. The normalized spacial score (nSPS) is 13.5. The van der Waals surface area contributed by atoms with Gasteiger partial charge in [0.2, 0.25) is 0 Å². The van der Waals surface area contributed by atoms with Gasteiger partial charge in [0.15, 0.2) is 0 Å². The maximum atomic E-state index is 12.1. The number of ether oxygens (including phenoxy) is 1. The molecule has 0 fully saturated rings. The minimum absolute atomic E-state index is 0.0327. The monoisotopic (exact) mass is 301 g/mol. The van der Waals surface area contributed by atoms with Crippen molar-refractivity contribution in [3.8, 4) is 5.75 Å². The fourth-order valence-electron chi connectivity index (χ4n) is 0.939. The number of hydrogen-bond donors (Lipinski definition) is 0. The van der Waals surface area contributed by atoms with Crippen LogP contribution in [-0.2, 0) is 10.0 Å². The maximum absolute atomic E-state index is 12.1. The van der Waals surface area contributed by atoms with Gasteiger partial charge in [-0.25, -0.2) is 0 Å². The summed E-state index contributed by atoms with van der Waals surface area (Å²) in [6.07, 6.45) is 0. The molecule has 0 heterocycles. The predicted molar refractivity (Wildman–Crippen MR) is 60.4 cm³/mol. The number of hydrogen-bond acceptors (Lipinski definition) is 3. The average molecular weight is 302 g/mol. The van der Waals surface area contributed by atoms with E-state index < -0.39 is 20.7 Å². The average Bonchev–Trinajstić information content (AvgIpc) is 2.27. The topological polar surface area (TPSA) is 55.7 Å². The van der Waals surface area contributed by atoms with E-state index >= 15 is 0 Å². The quantitative estimate of drug-likeness (QED) is 0.806. The highest BCUT2D eigenvalue weighted by Crippen LogP contribution is 2.26. The first-order valence-corrected chi connectivity index (χ1v) is 6.20. The number of benzene rings is 1. The zero-order valence-corrected chi connectivity index (χ0v) is 10.5. The highest BCUT2D eigenvalue weighted by molar-refractivity contribution is 7.91. The SMILES string of the molecule is COc1ccc(C(Cl)=NS(=O)(=O)C(F)(F)F)cc1. The summed E-state index contributed by atoms with van der Waals surface area (Å²) in [5.74, 6) is 0.446. The zero-order chi connectivity index (χ0) is 14.0. The van der Waals surface area contributed by atoms with Crippen molar-refractivity contribution in [1.82, 2.24) is 0 Å². The van der Waals surface area contributed by atoms with E-state index in [-0.39, 0.29) is 5.56 Å². The van der Waals surface area contributed by atoms with Gasteiger partial charge < -0.3 is 4.74 Å². The number of nitrogens with zero attached hydrogens (tertiary/aromatic N) is 1. The van der Waals surface area contributed by atoms with Crippen molar-refractivity contribution in [3.63, 3.8) is 0 Å². The summed E-state index contributed by atoms with van der Waals surface area (Å²) < 4.78 is 65.0. The Morgan fingerprint density at radius 3 is 2.17 bits per heavy atom. The number of alkyl halides is 3. The molecule has 9 heteroatoms. The first-order valence-electron chi connectivity index (χ1n) is 4.38. The second-order valence-electron chi connectivity index (χ2n) is 3.03. The van der Waals surface area contributed by atoms with Crippen molar-refractivity contribution >= 4 is 26.8 Å². The standard InChI is InChI=1S/C9H7ClF3NO3S/c1-17-7-4-2-6(3-5-7)8(10)14-18(15,16)9(11,12)13/h2-5H,1H3. The number of sulfonamides is 1. The van der Waals surface area contributed by atoms with Crippen LogP contribution in [0.5, 0.6) is 5.75 Å². The lowest BCUT2D eigenvalue weighted by atomic mass is 10.2. The molecule has 18 heavy (non-hydrogen) atoms. The highest BCUT2D eigenvalue weighted by atomic mass is 35.5. The smallest absolute Gasteiger partial charge is 0.497 e. The van der Waals surface area contributed by atoms with Crippen molar-refractivity contribution < 1.29 is 26.3 Å². The van der Waals surface area contributed by atoms with Crippen LogP contribution >= 0.6 is 11.6 Å². The Morgan fingerprint density at radius 2 is 1.78 bits per heavy atom. The second kappa shape index (κ2) is 5.15. The molecule has 0 aliphatic carbocycles. The van der Waals surface area contributed by atoms with Crippen molar-refractivity contribution in [2.24, 2.45) is 4.40 Å². The molecule has 0 aromatic heterocycles. The lowest BCUT2D eigenvalue weighted by Crippen LogP contribution is -2.21. The van der Waals surface area contributed by atoms with Gasteiger partial charge in [0.25, 0.3) is 0 Å². The van der Waals surface area contributed by atoms with Crippen molar-refractivity contribution in [3.05, 3.63) is 29.8 Å². The summed E-state index contributed by atoms with van der Waals surface area (Å²) in [4.78, 5) is 0. The first kappa shape index (κ1) is 14.8. The van der Waals surface area contributed by atoms with Crippen LogP contribution in [0.15, 0.2) is 28.7 Å². The Morgan fingerprint density at radius 1 is 1.28 bits per heavy atom. The molecule has 0 saturated carbocycles. The predicted octanol–water partition coefficient (Wildman–Crippen LogP) is 2.53. The summed E-state index contributed by atoms with van der Waals surface area (Å²) in [6, 6.07) is 5.40. The van der Waals surface area contributed by atoms with Crippen LogP contribution in [0.25, 0.3) is 0 Å². The third kappa shape index (κ3) is 3.36. The molecule has 0 atom stereocenters. The van der Waals surface area contributed by atoms with Crippen molar-refractivity contribution in [2.75, 3.05) is 7.11 Å². The molecule has 1 rings (SSSR count). The number of methoxy groups -OCH3 is 1. The van der Waals surface area contributed by atoms with Gasteiger partial charge in [-0.3, -0.25) is 0 Å². The molecule has 0 radical (unpaired) electrons. The van der Waals surface area contributed by atoms with Crippen LogP contribution < -0.4 is 4.74 Å². The molecular formula is C9H7ClF3NO3S. The number of rotatable bonds is 3. The summed E-state index contributed by atoms with van der Waals surface area (Å²) >= 11 is 5.42. The van der Waals surface area contributed by atoms with Crippen LogP contribution in [-0.4, -0.2) is 26.2 Å². The molecule has 0 spiro atoms. The molecule has 0 aliphatic rings. The van der Waals surface area contributed by atoms with Crippen molar-refractivity contribution in [1.29, 1.82) is 0 Å². The maximum Gasteiger partial charge on any atom is 0.518 e. The van der Waals surface area contributed by atoms with E-state index in [1.807, 2.05) is 0 Å². The Hall–Kier alpha value is -1.28. The van der Waals surface area contributed by atoms with Gasteiger partial charge in [0, 0.05) is 5.56 Å². The molecule has 1 aromatic rings. The van der Waals surface area contributed by atoms with Crippen LogP contribution in [0.1, 0.15) is 5.56 Å². The molecule has 0 aliphatic heterocycles. The largest absolute Gasteiger partial charge is 0.518 e. The third-order valence-electron chi connectivity index (χ3n) is 1.82. The van der Waals surface area contributed by atoms with Gasteiger partial charge in [0.1, 0.15) is 10.9 Å². The molecule has 100 valence electrons. The molecule has 0 amide bonds. The Balaban J connectivity index is 3.10. The first-order chi connectivity index (χ1) is 8.17. The molecule has 1 aromatic carbocycles. The summed E-state index contributed by atoms with van der Waals surface area (Å²) in [5.41, 5.74) is -5.44. The van der Waals surface area contributed by atoms with E-state index in [4.69, 9.17) is 16.3 Å². The van der Waals surface area contributed by atoms with Gasteiger partial charge >= 0.3 is 15.5 Å². The van der Waals surface area contributed by atoms with E-state index in [0.717, 1.165) is 0 Å². The van der Waals surface area contributed by atoms with E-state index in [9.17, 15) is 21.6 Å². The van der Waals surface area contributed by atoms with Gasteiger partial charge in [-0.05, 0) is 24.3 Å². The number of halogens is 4. The summed E-state index contributed by atoms with van der Waals surface area (Å²) in [6.45, 7) is 0. The minimum Gasteiger partial charge on any atom is -0.497 e. The Bertz CT molecular complexity index is 551. The fourth-order valence-corrected chi connectivity index (χ4v) is 1.76. The molecule has 0 unspecified atom stereocenters. The van der Waals surface area contributed by atoms with Gasteiger partial charge in [0.05, 0.1) is 7.11 Å². The van der Waals surface area contributed by atoms with Crippen molar-refractivity contribution in [2.45, 2.75) is 5.51 Å². The summed E-state index contributed by atoms with van der Waals surface area (Å²) in [5, 5.41) is -0.769. The minimum atomic E-state index is -5.64. The fraction of sp³-hybridized carbons (Fsp3) is 0.222. The van der Waals surface area contributed by atoms with E-state index in [0.29, 0.717) is 5.75 Å². The van der Waals surface area contributed by atoms with Gasteiger partial charge in [-0.1, -0.05) is 11.6 Å². The van der Waals surface area contributed by atoms with Gasteiger partial charge in [-0.15, -0.1) is 4.40 Å². The molecular weight excluding hydrogens is 295 g/mol. The van der Waals surface area contributed by atoms with Gasteiger partial charge in [-0.2, -0.15) is 21.6 Å². The highest BCUT2D eigenvalue weighted by Gasteiger charge is 2.46. The van der Waals surface area contributed by atoms with Crippen LogP contribution in [0, 0.1) is 0 Å². The lowest BCUT2D eigenvalue weighted by Gasteiger charge is -2.04.